The summed E-state index contributed by atoms with van der Waals surface area (Å²) >= 11 is 0. The first-order chi connectivity index (χ1) is 17.6. The minimum Gasteiger partial charge on any atom is -0.466 e. The highest BCUT2D eigenvalue weighted by Gasteiger charge is 2.28. The fourth-order valence-electron chi connectivity index (χ4n) is 4.28. The summed E-state index contributed by atoms with van der Waals surface area (Å²) in [7, 11) is 0. The van der Waals surface area contributed by atoms with E-state index in [1.54, 1.807) is 30.3 Å². The van der Waals surface area contributed by atoms with Gasteiger partial charge in [0.05, 0.1) is 34.9 Å². The average molecular weight is 483 g/mol. The van der Waals surface area contributed by atoms with Crippen LogP contribution in [-0.4, -0.2) is 56.5 Å². The van der Waals surface area contributed by atoms with Crippen molar-refractivity contribution in [1.29, 1.82) is 0 Å². The van der Waals surface area contributed by atoms with Crippen LogP contribution in [0.4, 0.5) is 10.5 Å². The lowest BCUT2D eigenvalue weighted by Crippen LogP contribution is -2.42. The summed E-state index contributed by atoms with van der Waals surface area (Å²) in [5, 5.41) is 2.95. The van der Waals surface area contributed by atoms with E-state index in [0.29, 0.717) is 72.0 Å². The van der Waals surface area contributed by atoms with Gasteiger partial charge in [-0.3, -0.25) is 14.8 Å². The topological polar surface area (TPSA) is 110 Å². The molecule has 0 bridgehead atoms. The largest absolute Gasteiger partial charge is 0.466 e. The molecule has 9 nitrogen and oxygen atoms in total. The number of esters is 1. The Morgan fingerprint density at radius 3 is 2.14 bits per heavy atom. The van der Waals surface area contributed by atoms with Crippen molar-refractivity contribution in [3.63, 3.8) is 0 Å². The molecule has 0 atom stereocenters. The Morgan fingerprint density at radius 1 is 0.917 bits per heavy atom. The van der Waals surface area contributed by atoms with Crippen LogP contribution < -0.4 is 5.32 Å². The minimum atomic E-state index is -0.209. The lowest BCUT2D eigenvalue weighted by Gasteiger charge is -2.30. The molecule has 3 aromatic heterocycles. The quantitative estimate of drug-likeness (QED) is 0.415. The molecule has 1 saturated heterocycles. The molecule has 1 aliphatic rings. The molecule has 1 aliphatic heterocycles. The predicted octanol–water partition coefficient (Wildman–Crippen LogP) is 4.56. The second-order valence-electron chi connectivity index (χ2n) is 8.50. The molecule has 0 spiro atoms. The molecule has 1 aromatic carbocycles. The predicted molar refractivity (Wildman–Crippen MR) is 136 cm³/mol. The molecule has 9 heteroatoms. The highest BCUT2D eigenvalue weighted by atomic mass is 16.5. The van der Waals surface area contributed by atoms with E-state index < -0.39 is 0 Å². The van der Waals surface area contributed by atoms with Crippen molar-refractivity contribution in [1.82, 2.24) is 24.8 Å². The Kier molecular flexibility index (Phi) is 6.79. The number of ether oxygens (including phenoxy) is 1. The van der Waals surface area contributed by atoms with E-state index in [1.807, 2.05) is 48.5 Å². The van der Waals surface area contributed by atoms with Crippen molar-refractivity contribution in [3.05, 3.63) is 67.0 Å². The summed E-state index contributed by atoms with van der Waals surface area (Å²) in [6.07, 6.45) is 4.63. The first kappa shape index (κ1) is 23.3. The van der Waals surface area contributed by atoms with E-state index in [-0.39, 0.29) is 17.9 Å². The van der Waals surface area contributed by atoms with E-state index in [4.69, 9.17) is 14.7 Å². The number of aromatic nitrogens is 4. The Morgan fingerprint density at radius 2 is 1.56 bits per heavy atom. The molecule has 0 unspecified atom stereocenters. The fraction of sp³-hybridized carbons (Fsp3) is 0.259. The van der Waals surface area contributed by atoms with Gasteiger partial charge in [-0.05, 0) is 62.2 Å². The molecular formula is C27H26N6O3. The lowest BCUT2D eigenvalue weighted by atomic mass is 9.97. The van der Waals surface area contributed by atoms with Gasteiger partial charge >= 0.3 is 12.0 Å². The monoisotopic (exact) mass is 482 g/mol. The summed E-state index contributed by atoms with van der Waals surface area (Å²) < 4.78 is 5.11. The van der Waals surface area contributed by atoms with Gasteiger partial charge in [-0.1, -0.05) is 12.1 Å². The van der Waals surface area contributed by atoms with Gasteiger partial charge in [0.1, 0.15) is 11.4 Å². The first-order valence-electron chi connectivity index (χ1n) is 12.0. The maximum Gasteiger partial charge on any atom is 0.321 e. The van der Waals surface area contributed by atoms with Crippen LogP contribution in [-0.2, 0) is 9.53 Å². The fourth-order valence-corrected chi connectivity index (χ4v) is 4.28. The van der Waals surface area contributed by atoms with E-state index in [2.05, 4.69) is 15.3 Å². The third-order valence-electron chi connectivity index (χ3n) is 6.13. The molecule has 4 heterocycles. The second-order valence-corrected chi connectivity index (χ2v) is 8.50. The number of piperidine rings is 1. The van der Waals surface area contributed by atoms with Crippen molar-refractivity contribution in [2.75, 3.05) is 25.0 Å². The van der Waals surface area contributed by atoms with Crippen molar-refractivity contribution in [2.45, 2.75) is 19.8 Å². The number of hydrogen-bond donors (Lipinski definition) is 1. The zero-order chi connectivity index (χ0) is 24.9. The highest BCUT2D eigenvalue weighted by molar-refractivity contribution is 5.93. The van der Waals surface area contributed by atoms with Crippen LogP contribution in [0.5, 0.6) is 0 Å². The molecule has 1 fully saturated rings. The van der Waals surface area contributed by atoms with Gasteiger partial charge in [-0.25, -0.2) is 14.8 Å². The van der Waals surface area contributed by atoms with E-state index in [0.717, 1.165) is 0 Å². The lowest BCUT2D eigenvalue weighted by molar-refractivity contribution is -0.149. The number of carbonyl (C=O) groups is 2. The molecular weight excluding hydrogens is 456 g/mol. The number of benzene rings is 1. The number of nitrogens with one attached hydrogen (secondary N) is 1. The third kappa shape index (κ3) is 5.00. The van der Waals surface area contributed by atoms with Crippen molar-refractivity contribution in [2.24, 2.45) is 5.92 Å². The van der Waals surface area contributed by atoms with Gasteiger partial charge in [0.15, 0.2) is 0 Å². The van der Waals surface area contributed by atoms with Gasteiger partial charge in [-0.15, -0.1) is 0 Å². The number of likely N-dealkylation sites (tertiary alicyclic amines) is 1. The molecule has 0 radical (unpaired) electrons. The van der Waals surface area contributed by atoms with E-state index in [1.165, 1.54) is 0 Å². The number of rotatable bonds is 5. The number of pyridine rings is 2. The number of fused-ring (bicyclic) bond motifs is 1. The number of anilines is 1. The average Bonchev–Trinajstić information content (AvgIpc) is 2.93. The van der Waals surface area contributed by atoms with E-state index >= 15 is 0 Å². The Hall–Kier alpha value is -4.40. The molecule has 5 rings (SSSR count). The van der Waals surface area contributed by atoms with E-state index in [9.17, 15) is 9.59 Å². The number of amides is 2. The molecule has 182 valence electrons. The van der Waals surface area contributed by atoms with Crippen LogP contribution in [0, 0.1) is 5.92 Å². The SMILES string of the molecule is CCOC(=O)C1CCN(C(=O)Nc2ccc3nc(-c4ccccn4)c(-c4ccccn4)nc3c2)CC1. The van der Waals surface area contributed by atoms with Crippen LogP contribution in [0.3, 0.4) is 0 Å². The Bertz CT molecular complexity index is 1370. The summed E-state index contributed by atoms with van der Waals surface area (Å²) in [5.41, 5.74) is 4.58. The standard InChI is InChI=1S/C27H26N6O3/c1-2-36-26(34)18-11-15-33(16-12-18)27(35)30-19-9-10-20-23(17-19)32-25(22-8-4-6-14-29-22)24(31-20)21-7-3-5-13-28-21/h3-10,13-14,17-18H,2,11-12,15-16H2,1H3,(H,30,35). The summed E-state index contributed by atoms with van der Waals surface area (Å²) in [6.45, 7) is 3.17. The maximum atomic E-state index is 12.9. The summed E-state index contributed by atoms with van der Waals surface area (Å²) in [4.78, 5) is 45.2. The Labute approximate surface area is 208 Å². The molecule has 1 N–H and O–H groups in total. The molecule has 36 heavy (non-hydrogen) atoms. The molecule has 0 aliphatic carbocycles. The van der Waals surface area contributed by atoms with Crippen molar-refractivity contribution >= 4 is 28.7 Å². The zero-order valence-corrected chi connectivity index (χ0v) is 19.9. The van der Waals surface area contributed by atoms with Crippen LogP contribution in [0.25, 0.3) is 33.8 Å². The summed E-state index contributed by atoms with van der Waals surface area (Å²) in [6, 6.07) is 16.5. The maximum absolute atomic E-state index is 12.9. The first-order valence-corrected chi connectivity index (χ1v) is 12.0. The van der Waals surface area contributed by atoms with Crippen LogP contribution in [0.15, 0.2) is 67.0 Å². The van der Waals surface area contributed by atoms with Gasteiger partial charge in [0.25, 0.3) is 0 Å². The number of nitrogens with zero attached hydrogens (tertiary/aromatic N) is 5. The third-order valence-corrected chi connectivity index (χ3v) is 6.13. The summed E-state index contributed by atoms with van der Waals surface area (Å²) in [5.74, 6) is -0.331. The second kappa shape index (κ2) is 10.5. The Balaban J connectivity index is 1.39. The number of urea groups is 1. The molecule has 2 amide bonds. The zero-order valence-electron chi connectivity index (χ0n) is 19.9. The van der Waals surface area contributed by atoms with Crippen molar-refractivity contribution < 1.29 is 14.3 Å². The van der Waals surface area contributed by atoms with Crippen LogP contribution >= 0.6 is 0 Å². The highest BCUT2D eigenvalue weighted by Crippen LogP contribution is 2.29. The smallest absolute Gasteiger partial charge is 0.321 e. The number of carbonyl (C=O) groups excluding carboxylic acids is 2. The normalized spacial score (nSPS) is 14.0. The van der Waals surface area contributed by atoms with Crippen LogP contribution in [0.1, 0.15) is 19.8 Å². The number of hydrogen-bond acceptors (Lipinski definition) is 7. The van der Waals surface area contributed by atoms with Gasteiger partial charge in [0.2, 0.25) is 0 Å². The van der Waals surface area contributed by atoms with Gasteiger partial charge < -0.3 is 15.0 Å². The van der Waals surface area contributed by atoms with Crippen molar-refractivity contribution in [3.8, 4) is 22.8 Å². The molecule has 4 aromatic rings. The van der Waals surface area contributed by atoms with Gasteiger partial charge in [0, 0.05) is 31.2 Å². The molecule has 0 saturated carbocycles. The van der Waals surface area contributed by atoms with Crippen LogP contribution in [0.2, 0.25) is 0 Å². The van der Waals surface area contributed by atoms with Gasteiger partial charge in [-0.2, -0.15) is 0 Å². The minimum absolute atomic E-state index is 0.150.